The third-order valence-electron chi connectivity index (χ3n) is 2.74. The van der Waals surface area contributed by atoms with Crippen molar-refractivity contribution in [1.82, 2.24) is 10.3 Å². The molecule has 0 saturated heterocycles. The van der Waals surface area contributed by atoms with Crippen LogP contribution >= 0.6 is 11.3 Å². The number of nitrogens with zero attached hydrogens (tertiary/aromatic N) is 1. The van der Waals surface area contributed by atoms with E-state index in [1.165, 1.54) is 11.3 Å². The molecule has 14 heavy (non-hydrogen) atoms. The molecule has 1 rings (SSSR count). The number of thiazole rings is 1. The van der Waals surface area contributed by atoms with Gasteiger partial charge in [0.1, 0.15) is 0 Å². The van der Waals surface area contributed by atoms with E-state index in [2.05, 4.69) is 31.1 Å². The van der Waals surface area contributed by atoms with Crippen LogP contribution in [0.1, 0.15) is 32.1 Å². The summed E-state index contributed by atoms with van der Waals surface area (Å²) in [5, 5.41) is 3.44. The van der Waals surface area contributed by atoms with E-state index in [0.29, 0.717) is 5.41 Å². The van der Waals surface area contributed by atoms with Crippen LogP contribution in [-0.4, -0.2) is 18.1 Å². The van der Waals surface area contributed by atoms with E-state index in [1.54, 1.807) is 11.3 Å². The monoisotopic (exact) mass is 212 g/mol. The highest BCUT2D eigenvalue weighted by atomic mass is 32.1. The summed E-state index contributed by atoms with van der Waals surface area (Å²) < 4.78 is 0. The highest BCUT2D eigenvalue weighted by molar-refractivity contribution is 7.09. The molecular weight excluding hydrogens is 192 g/mol. The number of rotatable bonds is 6. The van der Waals surface area contributed by atoms with Crippen molar-refractivity contribution in [3.8, 4) is 0 Å². The summed E-state index contributed by atoms with van der Waals surface area (Å²) in [5.41, 5.74) is 2.29. The molecule has 0 aliphatic carbocycles. The van der Waals surface area contributed by atoms with Crippen LogP contribution in [0.25, 0.3) is 0 Å². The standard InChI is InChI=1S/C11H20N2S/c1-4-11(3,8-12-5-2)6-10-7-13-9-14-10/h7,9,12H,4-6,8H2,1-3H3. The largest absolute Gasteiger partial charge is 0.316 e. The van der Waals surface area contributed by atoms with Gasteiger partial charge in [0.15, 0.2) is 0 Å². The molecule has 1 aromatic rings. The molecule has 0 saturated carbocycles. The van der Waals surface area contributed by atoms with Gasteiger partial charge in [0.25, 0.3) is 0 Å². The van der Waals surface area contributed by atoms with E-state index in [1.807, 2.05) is 11.7 Å². The van der Waals surface area contributed by atoms with Gasteiger partial charge in [-0.1, -0.05) is 20.8 Å². The van der Waals surface area contributed by atoms with Crippen molar-refractivity contribution in [2.24, 2.45) is 5.41 Å². The van der Waals surface area contributed by atoms with Crippen LogP contribution in [0.15, 0.2) is 11.7 Å². The predicted octanol–water partition coefficient (Wildman–Crippen LogP) is 2.71. The van der Waals surface area contributed by atoms with Crippen LogP contribution in [-0.2, 0) is 6.42 Å². The molecule has 3 heteroatoms. The Labute approximate surface area is 90.8 Å². The smallest absolute Gasteiger partial charge is 0.0794 e. The average Bonchev–Trinajstić information content (AvgIpc) is 2.67. The van der Waals surface area contributed by atoms with Crippen molar-refractivity contribution < 1.29 is 0 Å². The quantitative estimate of drug-likeness (QED) is 0.784. The van der Waals surface area contributed by atoms with Crippen LogP contribution < -0.4 is 5.32 Å². The molecule has 1 aromatic heterocycles. The molecule has 2 nitrogen and oxygen atoms in total. The van der Waals surface area contributed by atoms with E-state index in [-0.39, 0.29) is 0 Å². The minimum absolute atomic E-state index is 0.378. The summed E-state index contributed by atoms with van der Waals surface area (Å²) in [6.07, 6.45) is 4.34. The molecule has 0 spiro atoms. The topological polar surface area (TPSA) is 24.9 Å². The lowest BCUT2D eigenvalue weighted by atomic mass is 9.83. The first-order valence-corrected chi connectivity index (χ1v) is 6.16. The Balaban J connectivity index is 2.52. The van der Waals surface area contributed by atoms with Gasteiger partial charge >= 0.3 is 0 Å². The second-order valence-electron chi connectivity index (χ2n) is 4.09. The van der Waals surface area contributed by atoms with Crippen LogP contribution in [0.4, 0.5) is 0 Å². The highest BCUT2D eigenvalue weighted by Crippen LogP contribution is 2.27. The van der Waals surface area contributed by atoms with Crippen LogP contribution in [0, 0.1) is 5.41 Å². The predicted molar refractivity (Wildman–Crippen MR) is 62.8 cm³/mol. The van der Waals surface area contributed by atoms with Crippen molar-refractivity contribution in [3.63, 3.8) is 0 Å². The third-order valence-corrected chi connectivity index (χ3v) is 3.52. The molecule has 0 bridgehead atoms. The minimum atomic E-state index is 0.378. The van der Waals surface area contributed by atoms with E-state index >= 15 is 0 Å². The number of hydrogen-bond donors (Lipinski definition) is 1. The molecule has 0 radical (unpaired) electrons. The molecule has 1 heterocycles. The second kappa shape index (κ2) is 5.47. The van der Waals surface area contributed by atoms with Gasteiger partial charge in [-0.15, -0.1) is 11.3 Å². The lowest BCUT2D eigenvalue weighted by molar-refractivity contribution is 0.295. The van der Waals surface area contributed by atoms with Crippen molar-refractivity contribution in [2.75, 3.05) is 13.1 Å². The zero-order chi connectivity index (χ0) is 10.4. The molecule has 0 aliphatic heterocycles. The third kappa shape index (κ3) is 3.39. The molecule has 1 N–H and O–H groups in total. The lowest BCUT2D eigenvalue weighted by Gasteiger charge is -2.27. The van der Waals surface area contributed by atoms with Gasteiger partial charge in [0.2, 0.25) is 0 Å². The van der Waals surface area contributed by atoms with E-state index in [9.17, 15) is 0 Å². The maximum Gasteiger partial charge on any atom is 0.0794 e. The zero-order valence-electron chi connectivity index (χ0n) is 9.34. The van der Waals surface area contributed by atoms with Gasteiger partial charge in [0, 0.05) is 17.6 Å². The zero-order valence-corrected chi connectivity index (χ0v) is 10.2. The average molecular weight is 212 g/mol. The van der Waals surface area contributed by atoms with Crippen LogP contribution in [0.5, 0.6) is 0 Å². The normalized spacial score (nSPS) is 15.4. The van der Waals surface area contributed by atoms with E-state index in [4.69, 9.17) is 0 Å². The van der Waals surface area contributed by atoms with E-state index < -0.39 is 0 Å². The number of aromatic nitrogens is 1. The first-order chi connectivity index (χ1) is 6.70. The summed E-state index contributed by atoms with van der Waals surface area (Å²) in [6.45, 7) is 8.91. The van der Waals surface area contributed by atoms with Crippen molar-refractivity contribution in [3.05, 3.63) is 16.6 Å². The molecule has 0 amide bonds. The molecule has 0 aliphatic rings. The molecule has 0 fully saturated rings. The second-order valence-corrected chi connectivity index (χ2v) is 5.06. The molecular formula is C11H20N2S. The van der Waals surface area contributed by atoms with E-state index in [0.717, 1.165) is 19.5 Å². The molecule has 0 aromatic carbocycles. The van der Waals surface area contributed by atoms with Gasteiger partial charge in [-0.3, -0.25) is 4.98 Å². The fraction of sp³-hybridized carbons (Fsp3) is 0.727. The van der Waals surface area contributed by atoms with Gasteiger partial charge in [-0.25, -0.2) is 0 Å². The number of nitrogens with one attached hydrogen (secondary N) is 1. The Bertz CT molecular complexity index is 246. The minimum Gasteiger partial charge on any atom is -0.316 e. The van der Waals surface area contributed by atoms with Crippen LogP contribution in [0.3, 0.4) is 0 Å². The Kier molecular flexibility index (Phi) is 4.55. The Morgan fingerprint density at radius 2 is 2.29 bits per heavy atom. The maximum absolute atomic E-state index is 4.12. The molecule has 80 valence electrons. The maximum atomic E-state index is 4.12. The Hall–Kier alpha value is -0.410. The molecule has 1 unspecified atom stereocenters. The summed E-state index contributed by atoms with van der Waals surface area (Å²) in [5.74, 6) is 0. The summed E-state index contributed by atoms with van der Waals surface area (Å²) in [7, 11) is 0. The van der Waals surface area contributed by atoms with Crippen molar-refractivity contribution >= 4 is 11.3 Å². The summed E-state index contributed by atoms with van der Waals surface area (Å²) >= 11 is 1.76. The van der Waals surface area contributed by atoms with Crippen molar-refractivity contribution in [2.45, 2.75) is 33.6 Å². The Morgan fingerprint density at radius 1 is 1.50 bits per heavy atom. The Morgan fingerprint density at radius 3 is 2.79 bits per heavy atom. The van der Waals surface area contributed by atoms with Crippen LogP contribution in [0.2, 0.25) is 0 Å². The number of hydrogen-bond acceptors (Lipinski definition) is 3. The van der Waals surface area contributed by atoms with Gasteiger partial charge in [-0.2, -0.15) is 0 Å². The SMILES string of the molecule is CCNCC(C)(CC)Cc1cncs1. The molecule has 1 atom stereocenters. The summed E-state index contributed by atoms with van der Waals surface area (Å²) in [6, 6.07) is 0. The van der Waals surface area contributed by atoms with Gasteiger partial charge < -0.3 is 5.32 Å². The fourth-order valence-corrected chi connectivity index (χ4v) is 2.30. The fourth-order valence-electron chi connectivity index (χ4n) is 1.49. The summed E-state index contributed by atoms with van der Waals surface area (Å²) in [4.78, 5) is 5.51. The lowest BCUT2D eigenvalue weighted by Crippen LogP contribution is -2.32. The van der Waals surface area contributed by atoms with Gasteiger partial charge in [-0.05, 0) is 24.8 Å². The van der Waals surface area contributed by atoms with Crippen molar-refractivity contribution in [1.29, 1.82) is 0 Å². The first-order valence-electron chi connectivity index (χ1n) is 5.28. The van der Waals surface area contributed by atoms with Gasteiger partial charge in [0.05, 0.1) is 5.51 Å². The first kappa shape index (κ1) is 11.7. The highest BCUT2D eigenvalue weighted by Gasteiger charge is 2.22.